The molecule has 0 bridgehead atoms. The summed E-state index contributed by atoms with van der Waals surface area (Å²) in [5.74, 6) is 0. The van der Waals surface area contributed by atoms with Crippen LogP contribution >= 0.6 is 0 Å². The van der Waals surface area contributed by atoms with Crippen LogP contribution in [-0.4, -0.2) is 0 Å². The Balaban J connectivity index is 1.57. The Labute approximate surface area is 213 Å². The van der Waals surface area contributed by atoms with Crippen LogP contribution in [-0.2, 0) is 12.8 Å². The highest BCUT2D eigenvalue weighted by Crippen LogP contribution is 2.56. The second-order valence-corrected chi connectivity index (χ2v) is 10.3. The number of nitrogens with zero attached hydrogens (tertiary/aromatic N) is 2. The van der Waals surface area contributed by atoms with Gasteiger partial charge in [-0.15, -0.1) is 0 Å². The maximum absolute atomic E-state index is 2.48. The molecule has 2 aliphatic rings. The third-order valence-electron chi connectivity index (χ3n) is 7.83. The normalized spacial score (nSPS) is 14.4. The third-order valence-corrected chi connectivity index (χ3v) is 7.83. The van der Waals surface area contributed by atoms with Crippen LogP contribution in [0.1, 0.15) is 35.1 Å². The highest BCUT2D eigenvalue weighted by atomic mass is 15.3. The molecule has 5 aromatic carbocycles. The maximum Gasteiger partial charge on any atom is 0.0709 e. The molecule has 2 nitrogen and oxygen atoms in total. The van der Waals surface area contributed by atoms with Gasteiger partial charge < -0.3 is 9.80 Å². The molecule has 0 spiro atoms. The summed E-state index contributed by atoms with van der Waals surface area (Å²) in [6, 6.07) is 36.3. The van der Waals surface area contributed by atoms with E-state index in [9.17, 15) is 0 Å². The summed E-state index contributed by atoms with van der Waals surface area (Å²) in [5.41, 5.74) is 13.0. The van der Waals surface area contributed by atoms with Gasteiger partial charge in [0.1, 0.15) is 0 Å². The van der Waals surface area contributed by atoms with Crippen LogP contribution < -0.4 is 9.80 Å². The highest BCUT2D eigenvalue weighted by Gasteiger charge is 2.32. The van der Waals surface area contributed by atoms with Crippen LogP contribution in [0.2, 0.25) is 0 Å². The number of hydrogen-bond acceptors (Lipinski definition) is 2. The smallest absolute Gasteiger partial charge is 0.0709 e. The molecule has 0 amide bonds. The predicted octanol–water partition coefficient (Wildman–Crippen LogP) is 9.59. The summed E-state index contributed by atoms with van der Waals surface area (Å²) < 4.78 is 0. The standard InChI is InChI=1S/C34H30N2/c1-23-11-15-29(16-12-23)35-31-19-25-7-3-5-9-27(25)21-33(31)36(30-17-13-24(2)14-18-30)34-22-28-10-6-4-8-26(28)20-32(34)35/h3,5,7,9,11-22H,4,6,8,10H2,1-2H3. The Bertz CT molecular complexity index is 1480. The summed E-state index contributed by atoms with van der Waals surface area (Å²) in [6.07, 6.45) is 4.89. The molecule has 7 rings (SSSR count). The minimum Gasteiger partial charge on any atom is -0.306 e. The van der Waals surface area contributed by atoms with E-state index in [-0.39, 0.29) is 0 Å². The summed E-state index contributed by atoms with van der Waals surface area (Å²) in [5, 5.41) is 2.53. The fourth-order valence-corrected chi connectivity index (χ4v) is 5.90. The van der Waals surface area contributed by atoms with Gasteiger partial charge in [0.2, 0.25) is 0 Å². The Kier molecular flexibility index (Phi) is 4.89. The molecule has 36 heavy (non-hydrogen) atoms. The van der Waals surface area contributed by atoms with E-state index in [1.807, 2.05) is 0 Å². The van der Waals surface area contributed by atoms with Gasteiger partial charge in [0, 0.05) is 11.4 Å². The average molecular weight is 467 g/mol. The van der Waals surface area contributed by atoms with E-state index < -0.39 is 0 Å². The SMILES string of the molecule is Cc1ccc(N2c3cc4c(cc3N(c3ccc(C)cc3)c3cc5ccccc5cc32)CCCC4)cc1. The molecule has 0 saturated heterocycles. The Hall–Kier alpha value is -4.04. The largest absolute Gasteiger partial charge is 0.306 e. The molecule has 5 aromatic rings. The summed E-state index contributed by atoms with van der Waals surface area (Å²) in [4.78, 5) is 4.96. The Morgan fingerprint density at radius 1 is 0.472 bits per heavy atom. The van der Waals surface area contributed by atoms with Gasteiger partial charge in [0.15, 0.2) is 0 Å². The van der Waals surface area contributed by atoms with Crippen molar-refractivity contribution >= 4 is 44.9 Å². The monoisotopic (exact) mass is 466 g/mol. The van der Waals surface area contributed by atoms with Gasteiger partial charge >= 0.3 is 0 Å². The molecule has 0 N–H and O–H groups in total. The summed E-state index contributed by atoms with van der Waals surface area (Å²) in [6.45, 7) is 4.32. The molecular formula is C34H30N2. The van der Waals surface area contributed by atoms with Crippen LogP contribution in [0.4, 0.5) is 34.1 Å². The van der Waals surface area contributed by atoms with E-state index in [1.165, 1.54) is 92.8 Å². The molecule has 176 valence electrons. The van der Waals surface area contributed by atoms with Gasteiger partial charge in [-0.3, -0.25) is 0 Å². The first-order valence-electron chi connectivity index (χ1n) is 13.1. The number of hydrogen-bond donors (Lipinski definition) is 0. The first-order chi connectivity index (χ1) is 17.7. The lowest BCUT2D eigenvalue weighted by molar-refractivity contribution is 0.685. The maximum atomic E-state index is 2.48. The van der Waals surface area contributed by atoms with Crippen molar-refractivity contribution in [3.05, 3.63) is 119 Å². The zero-order valence-electron chi connectivity index (χ0n) is 21.0. The van der Waals surface area contributed by atoms with Crippen LogP contribution in [0.3, 0.4) is 0 Å². The molecule has 0 unspecified atom stereocenters. The van der Waals surface area contributed by atoms with Crippen molar-refractivity contribution in [1.29, 1.82) is 0 Å². The third kappa shape index (κ3) is 3.40. The van der Waals surface area contributed by atoms with Gasteiger partial charge in [-0.05, 0) is 110 Å². The molecule has 1 aliphatic carbocycles. The van der Waals surface area contributed by atoms with Gasteiger partial charge in [-0.1, -0.05) is 59.7 Å². The predicted molar refractivity (Wildman–Crippen MR) is 153 cm³/mol. The average Bonchev–Trinajstić information content (AvgIpc) is 2.91. The van der Waals surface area contributed by atoms with E-state index in [0.717, 1.165) is 0 Å². The van der Waals surface area contributed by atoms with Gasteiger partial charge in [-0.2, -0.15) is 0 Å². The van der Waals surface area contributed by atoms with E-state index in [4.69, 9.17) is 0 Å². The molecule has 0 saturated carbocycles. The highest BCUT2D eigenvalue weighted by molar-refractivity contribution is 6.06. The van der Waals surface area contributed by atoms with Crippen LogP contribution in [0.25, 0.3) is 10.8 Å². The zero-order chi connectivity index (χ0) is 24.2. The van der Waals surface area contributed by atoms with E-state index >= 15 is 0 Å². The molecule has 2 heteroatoms. The topological polar surface area (TPSA) is 6.48 Å². The van der Waals surface area contributed by atoms with Crippen molar-refractivity contribution in [1.82, 2.24) is 0 Å². The van der Waals surface area contributed by atoms with Crippen molar-refractivity contribution in [2.24, 2.45) is 0 Å². The van der Waals surface area contributed by atoms with Crippen molar-refractivity contribution in [2.45, 2.75) is 39.5 Å². The quantitative estimate of drug-likeness (QED) is 0.251. The molecule has 0 atom stereocenters. The van der Waals surface area contributed by atoms with Crippen LogP contribution in [0.5, 0.6) is 0 Å². The number of aryl methyl sites for hydroxylation is 4. The lowest BCUT2D eigenvalue weighted by Crippen LogP contribution is -2.25. The molecule has 0 fully saturated rings. The molecule has 1 aliphatic heterocycles. The lowest BCUT2D eigenvalue weighted by Gasteiger charge is -2.41. The Morgan fingerprint density at radius 2 is 0.861 bits per heavy atom. The summed E-state index contributed by atoms with van der Waals surface area (Å²) >= 11 is 0. The van der Waals surface area contributed by atoms with Gasteiger partial charge in [-0.25, -0.2) is 0 Å². The number of anilines is 6. The minimum atomic E-state index is 1.17. The van der Waals surface area contributed by atoms with Crippen LogP contribution in [0.15, 0.2) is 97.1 Å². The van der Waals surface area contributed by atoms with Crippen molar-refractivity contribution in [2.75, 3.05) is 9.80 Å². The van der Waals surface area contributed by atoms with Crippen molar-refractivity contribution in [3.63, 3.8) is 0 Å². The van der Waals surface area contributed by atoms with Crippen molar-refractivity contribution < 1.29 is 0 Å². The molecular weight excluding hydrogens is 436 g/mol. The van der Waals surface area contributed by atoms with Crippen LogP contribution in [0, 0.1) is 13.8 Å². The lowest BCUT2D eigenvalue weighted by atomic mass is 9.89. The summed E-state index contributed by atoms with van der Waals surface area (Å²) in [7, 11) is 0. The number of benzene rings is 5. The molecule has 0 radical (unpaired) electrons. The van der Waals surface area contributed by atoms with E-state index in [2.05, 4.69) is 121 Å². The fraction of sp³-hybridized carbons (Fsp3) is 0.176. The van der Waals surface area contributed by atoms with Crippen molar-refractivity contribution in [3.8, 4) is 0 Å². The first kappa shape index (κ1) is 21.3. The van der Waals surface area contributed by atoms with E-state index in [0.29, 0.717) is 0 Å². The zero-order valence-corrected chi connectivity index (χ0v) is 21.0. The fourth-order valence-electron chi connectivity index (χ4n) is 5.90. The minimum absolute atomic E-state index is 1.17. The molecule has 1 heterocycles. The first-order valence-corrected chi connectivity index (χ1v) is 13.1. The van der Waals surface area contributed by atoms with Gasteiger partial charge in [0.05, 0.1) is 22.7 Å². The number of fused-ring (bicyclic) bond motifs is 4. The molecule has 0 aromatic heterocycles. The van der Waals surface area contributed by atoms with Gasteiger partial charge in [0.25, 0.3) is 0 Å². The van der Waals surface area contributed by atoms with E-state index in [1.54, 1.807) is 0 Å². The second-order valence-electron chi connectivity index (χ2n) is 10.3. The number of rotatable bonds is 2. The Morgan fingerprint density at radius 3 is 1.28 bits per heavy atom. The second kappa shape index (κ2) is 8.27.